The minimum Gasteiger partial charge on any atom is -0.307 e. The molecule has 0 atom stereocenters. The maximum absolute atomic E-state index is 14.4. The average molecular weight is 483 g/mol. The molecule has 0 spiro atoms. The van der Waals surface area contributed by atoms with Gasteiger partial charge in [-0.15, -0.1) is 0 Å². The third kappa shape index (κ3) is 2.44. The van der Waals surface area contributed by atoms with E-state index in [0.717, 1.165) is 54.6 Å². The second kappa shape index (κ2) is 6.64. The van der Waals surface area contributed by atoms with Gasteiger partial charge >= 0.3 is 6.18 Å². The monoisotopic (exact) mass is 482 g/mol. The van der Waals surface area contributed by atoms with Crippen LogP contribution in [0.3, 0.4) is 0 Å². The molecule has 4 aromatic carbocycles. The number of halogens is 3. The summed E-state index contributed by atoms with van der Waals surface area (Å²) in [5.74, 6) is 0. The molecule has 7 rings (SSSR count). The van der Waals surface area contributed by atoms with E-state index in [9.17, 15) is 13.2 Å². The number of alkyl halides is 3. The van der Waals surface area contributed by atoms with Gasteiger partial charge in [0, 0.05) is 16.2 Å². The van der Waals surface area contributed by atoms with Gasteiger partial charge in [0.05, 0.1) is 34.4 Å². The van der Waals surface area contributed by atoms with E-state index < -0.39 is 11.6 Å². The number of para-hydroxylation sites is 1. The molecule has 0 radical (unpaired) electrons. The Balaban J connectivity index is 1.90. The lowest BCUT2D eigenvalue weighted by Gasteiger charge is -2.29. The first-order chi connectivity index (χ1) is 17.1. The molecule has 0 saturated carbocycles. The van der Waals surface area contributed by atoms with Crippen molar-refractivity contribution in [2.45, 2.75) is 32.4 Å². The van der Waals surface area contributed by atoms with Gasteiger partial charge in [0.25, 0.3) is 6.33 Å². The highest BCUT2D eigenvalue weighted by atomic mass is 19.4. The Hall–Kier alpha value is -3.93. The smallest absolute Gasteiger partial charge is 0.307 e. The zero-order valence-electron chi connectivity index (χ0n) is 20.3. The summed E-state index contributed by atoms with van der Waals surface area (Å²) in [6.45, 7) is 4.66. The number of pyridine rings is 1. The summed E-state index contributed by atoms with van der Waals surface area (Å²) in [5.41, 5.74) is 3.56. The molecule has 3 heterocycles. The Morgan fingerprint density at radius 2 is 1.53 bits per heavy atom. The number of aromatic nitrogens is 3. The Labute approximate surface area is 204 Å². The maximum Gasteiger partial charge on any atom is 0.397 e. The third-order valence-electron chi connectivity index (χ3n) is 8.03. The SMILES string of the molecule is Cc1c2ccccc2cc2c1c1c3c(cc(C(C)(C)C(F)(F)F)c4c5ccccc5n2c43)nc[n+]1C. The number of hydrogen-bond donors (Lipinski definition) is 0. The Kier molecular flexibility index (Phi) is 3.94. The topological polar surface area (TPSA) is 21.2 Å². The summed E-state index contributed by atoms with van der Waals surface area (Å²) in [4.78, 5) is 4.64. The van der Waals surface area contributed by atoms with Crippen molar-refractivity contribution in [1.29, 1.82) is 0 Å². The Bertz CT molecular complexity index is 2030. The molecule has 0 N–H and O–H groups in total. The van der Waals surface area contributed by atoms with E-state index in [1.165, 1.54) is 13.8 Å². The van der Waals surface area contributed by atoms with Crippen LogP contribution in [0.5, 0.6) is 0 Å². The van der Waals surface area contributed by atoms with Crippen LogP contribution in [0.1, 0.15) is 25.0 Å². The number of fused-ring (bicyclic) bond motifs is 7. The number of hydrogen-bond acceptors (Lipinski definition) is 1. The fourth-order valence-corrected chi connectivity index (χ4v) is 6.05. The lowest BCUT2D eigenvalue weighted by molar-refractivity contribution is -0.646. The minimum absolute atomic E-state index is 0.251. The van der Waals surface area contributed by atoms with Gasteiger partial charge in [-0.25, -0.2) is 4.57 Å². The Morgan fingerprint density at radius 1 is 0.833 bits per heavy atom. The summed E-state index contributed by atoms with van der Waals surface area (Å²) < 4.78 is 47.5. The van der Waals surface area contributed by atoms with Crippen LogP contribution in [0.25, 0.3) is 59.9 Å². The van der Waals surface area contributed by atoms with E-state index in [-0.39, 0.29) is 5.56 Å². The molecule has 0 fully saturated rings. The van der Waals surface area contributed by atoms with Crippen molar-refractivity contribution in [3.63, 3.8) is 0 Å². The molecule has 0 aliphatic rings. The first kappa shape index (κ1) is 21.4. The van der Waals surface area contributed by atoms with Crippen LogP contribution < -0.4 is 4.57 Å². The van der Waals surface area contributed by atoms with Crippen molar-refractivity contribution >= 4 is 59.9 Å². The summed E-state index contributed by atoms with van der Waals surface area (Å²) in [7, 11) is 1.96. The van der Waals surface area contributed by atoms with Gasteiger partial charge < -0.3 is 4.40 Å². The summed E-state index contributed by atoms with van der Waals surface area (Å²) in [5, 5.41) is 5.69. The second-order valence-corrected chi connectivity index (χ2v) is 10.3. The highest BCUT2D eigenvalue weighted by Gasteiger charge is 2.50. The summed E-state index contributed by atoms with van der Waals surface area (Å²) in [6.07, 6.45) is -2.71. The van der Waals surface area contributed by atoms with Crippen molar-refractivity contribution in [2.24, 2.45) is 7.05 Å². The summed E-state index contributed by atoms with van der Waals surface area (Å²) >= 11 is 0. The predicted molar refractivity (Wildman–Crippen MR) is 139 cm³/mol. The van der Waals surface area contributed by atoms with Crippen molar-refractivity contribution in [1.82, 2.24) is 9.38 Å². The van der Waals surface area contributed by atoms with Gasteiger partial charge in [0.15, 0.2) is 5.52 Å². The quantitative estimate of drug-likeness (QED) is 0.135. The molecule has 7 aromatic rings. The van der Waals surface area contributed by atoms with Gasteiger partial charge in [-0.2, -0.15) is 13.2 Å². The molecule has 0 saturated heterocycles. The van der Waals surface area contributed by atoms with Gasteiger partial charge in [0.2, 0.25) is 0 Å². The zero-order valence-corrected chi connectivity index (χ0v) is 20.3. The average Bonchev–Trinajstić information content (AvgIpc) is 3.19. The van der Waals surface area contributed by atoms with Gasteiger partial charge in [-0.3, -0.25) is 0 Å². The van der Waals surface area contributed by atoms with Crippen LogP contribution in [0.4, 0.5) is 13.2 Å². The van der Waals surface area contributed by atoms with E-state index in [0.29, 0.717) is 10.9 Å². The highest BCUT2D eigenvalue weighted by molar-refractivity contribution is 6.28. The molecular formula is C30H23F3N3+. The van der Waals surface area contributed by atoms with E-state index in [1.807, 2.05) is 48.0 Å². The zero-order chi connectivity index (χ0) is 25.1. The van der Waals surface area contributed by atoms with Crippen LogP contribution in [0, 0.1) is 6.92 Å². The van der Waals surface area contributed by atoms with Gasteiger partial charge in [-0.1, -0.05) is 42.5 Å². The number of rotatable bonds is 1. The van der Waals surface area contributed by atoms with Gasteiger partial charge in [-0.05, 0) is 65.9 Å². The van der Waals surface area contributed by atoms with Crippen LogP contribution in [-0.2, 0) is 12.5 Å². The van der Waals surface area contributed by atoms with Crippen molar-refractivity contribution in [3.8, 4) is 0 Å². The molecule has 0 bridgehead atoms. The van der Waals surface area contributed by atoms with Crippen molar-refractivity contribution < 1.29 is 17.7 Å². The molecule has 0 amide bonds. The molecule has 0 aliphatic carbocycles. The highest BCUT2D eigenvalue weighted by Crippen LogP contribution is 2.49. The maximum atomic E-state index is 14.4. The predicted octanol–water partition coefficient (Wildman–Crippen LogP) is 7.51. The fraction of sp³-hybridized carbons (Fsp3) is 0.200. The largest absolute Gasteiger partial charge is 0.397 e. The normalized spacial score (nSPS) is 13.4. The van der Waals surface area contributed by atoms with E-state index in [2.05, 4.69) is 34.5 Å². The van der Waals surface area contributed by atoms with Crippen molar-refractivity contribution in [2.75, 3.05) is 0 Å². The van der Waals surface area contributed by atoms with E-state index in [4.69, 9.17) is 0 Å². The molecule has 178 valence electrons. The first-order valence-electron chi connectivity index (χ1n) is 12.0. The minimum atomic E-state index is -4.42. The second-order valence-electron chi connectivity index (χ2n) is 10.3. The van der Waals surface area contributed by atoms with Crippen LogP contribution in [0.2, 0.25) is 0 Å². The standard InChI is InChI=1S/C30H23F3N3/c1-16-18-10-6-5-9-17(18)13-23-24(16)27-26-21(34-15-35(27)4)14-20(29(2,3)30(31,32)33)25-19-11-7-8-12-22(19)36(23)28(25)26/h5-15H,1-4H3/q+1. The lowest BCUT2D eigenvalue weighted by Crippen LogP contribution is -2.36. The van der Waals surface area contributed by atoms with Gasteiger partial charge in [0.1, 0.15) is 5.52 Å². The molecule has 0 aliphatic heterocycles. The number of nitrogens with zero attached hydrogens (tertiary/aromatic N) is 3. The fourth-order valence-electron chi connectivity index (χ4n) is 6.05. The van der Waals surface area contributed by atoms with E-state index >= 15 is 0 Å². The molecule has 0 unspecified atom stereocenters. The lowest BCUT2D eigenvalue weighted by atomic mass is 9.80. The molecule has 6 heteroatoms. The van der Waals surface area contributed by atoms with Crippen LogP contribution >= 0.6 is 0 Å². The van der Waals surface area contributed by atoms with Crippen molar-refractivity contribution in [3.05, 3.63) is 78.1 Å². The Morgan fingerprint density at radius 3 is 2.28 bits per heavy atom. The molecule has 36 heavy (non-hydrogen) atoms. The van der Waals surface area contributed by atoms with Crippen LogP contribution in [0.15, 0.2) is 67.0 Å². The molecule has 3 aromatic heterocycles. The third-order valence-corrected chi connectivity index (χ3v) is 8.03. The van der Waals surface area contributed by atoms with Crippen LogP contribution in [-0.4, -0.2) is 15.6 Å². The number of aryl methyl sites for hydroxylation is 2. The van der Waals surface area contributed by atoms with E-state index in [1.54, 1.807) is 12.4 Å². The number of benzene rings is 4. The molecule has 3 nitrogen and oxygen atoms in total. The first-order valence-corrected chi connectivity index (χ1v) is 12.0. The summed E-state index contributed by atoms with van der Waals surface area (Å²) in [6, 6.07) is 19.9. The molecular weight excluding hydrogens is 459 g/mol.